The zero-order valence-corrected chi connectivity index (χ0v) is 16.2. The standard InChI is InChI=1S/C22H18ClN3O2/c1-15-7-8-18(26(15)17-9-11-19(28-2)12-10-17)13-16(14-24)22(27)25-21-6-4-3-5-20(21)23/h3-13H,1-2H3,(H,25,27)/b16-13-. The van der Waals surface area contributed by atoms with Gasteiger partial charge in [0, 0.05) is 17.1 Å². The van der Waals surface area contributed by atoms with Gasteiger partial charge in [-0.25, -0.2) is 0 Å². The van der Waals surface area contributed by atoms with Crippen molar-refractivity contribution in [2.24, 2.45) is 0 Å². The molecule has 1 aromatic heterocycles. The van der Waals surface area contributed by atoms with Gasteiger partial charge >= 0.3 is 0 Å². The van der Waals surface area contributed by atoms with E-state index in [1.54, 1.807) is 37.5 Å². The van der Waals surface area contributed by atoms with Gasteiger partial charge in [0.15, 0.2) is 0 Å². The predicted octanol–water partition coefficient (Wildman–Crippen LogP) is 4.99. The monoisotopic (exact) mass is 391 g/mol. The van der Waals surface area contributed by atoms with Crippen LogP contribution < -0.4 is 10.1 Å². The lowest BCUT2D eigenvalue weighted by molar-refractivity contribution is -0.112. The number of hydrogen-bond donors (Lipinski definition) is 1. The third kappa shape index (κ3) is 4.08. The number of benzene rings is 2. The normalized spacial score (nSPS) is 11.0. The Morgan fingerprint density at radius 2 is 1.86 bits per heavy atom. The molecule has 0 fully saturated rings. The maximum Gasteiger partial charge on any atom is 0.266 e. The fourth-order valence-electron chi connectivity index (χ4n) is 2.80. The van der Waals surface area contributed by atoms with Crippen LogP contribution in [-0.2, 0) is 4.79 Å². The molecule has 0 saturated heterocycles. The summed E-state index contributed by atoms with van der Waals surface area (Å²) in [4.78, 5) is 12.6. The second kappa shape index (κ2) is 8.47. The van der Waals surface area contributed by atoms with Crippen molar-refractivity contribution in [1.29, 1.82) is 5.26 Å². The van der Waals surface area contributed by atoms with Crippen molar-refractivity contribution in [2.75, 3.05) is 12.4 Å². The van der Waals surface area contributed by atoms with Crippen LogP contribution in [0.25, 0.3) is 11.8 Å². The quantitative estimate of drug-likeness (QED) is 0.492. The number of carbonyl (C=O) groups excluding carboxylic acids is 1. The molecule has 140 valence electrons. The largest absolute Gasteiger partial charge is 0.497 e. The maximum atomic E-state index is 12.6. The van der Waals surface area contributed by atoms with Crippen LogP contribution in [0.15, 0.2) is 66.2 Å². The number of nitrogens with one attached hydrogen (secondary N) is 1. The first kappa shape index (κ1) is 19.3. The summed E-state index contributed by atoms with van der Waals surface area (Å²) in [6.07, 6.45) is 1.56. The number of para-hydroxylation sites is 1. The van der Waals surface area contributed by atoms with Crippen LogP contribution in [0.5, 0.6) is 5.75 Å². The molecule has 3 rings (SSSR count). The smallest absolute Gasteiger partial charge is 0.266 e. The Morgan fingerprint density at radius 1 is 1.14 bits per heavy atom. The van der Waals surface area contributed by atoms with Gasteiger partial charge in [-0.2, -0.15) is 5.26 Å². The first-order chi connectivity index (χ1) is 13.5. The number of aryl methyl sites for hydroxylation is 1. The van der Waals surface area contributed by atoms with E-state index in [0.29, 0.717) is 16.4 Å². The molecule has 0 radical (unpaired) electrons. The van der Waals surface area contributed by atoms with E-state index in [2.05, 4.69) is 5.32 Å². The van der Waals surface area contributed by atoms with Crippen molar-refractivity contribution in [3.63, 3.8) is 0 Å². The van der Waals surface area contributed by atoms with E-state index in [9.17, 15) is 10.1 Å². The van der Waals surface area contributed by atoms with Gasteiger partial charge in [0.2, 0.25) is 0 Å². The van der Waals surface area contributed by atoms with E-state index in [-0.39, 0.29) is 5.57 Å². The van der Waals surface area contributed by atoms with Gasteiger partial charge in [-0.3, -0.25) is 4.79 Å². The van der Waals surface area contributed by atoms with Crippen LogP contribution in [0.1, 0.15) is 11.4 Å². The molecule has 1 N–H and O–H groups in total. The highest BCUT2D eigenvalue weighted by molar-refractivity contribution is 6.34. The van der Waals surface area contributed by atoms with Crippen molar-refractivity contribution in [2.45, 2.75) is 6.92 Å². The molecule has 5 nitrogen and oxygen atoms in total. The number of nitriles is 1. The Kier molecular flexibility index (Phi) is 5.83. The van der Waals surface area contributed by atoms with Crippen molar-refractivity contribution in [1.82, 2.24) is 4.57 Å². The summed E-state index contributed by atoms with van der Waals surface area (Å²) in [5.41, 5.74) is 3.02. The summed E-state index contributed by atoms with van der Waals surface area (Å²) >= 11 is 6.08. The van der Waals surface area contributed by atoms with Crippen LogP contribution in [-0.4, -0.2) is 17.6 Å². The SMILES string of the molecule is COc1ccc(-n2c(C)ccc2/C=C(/C#N)C(=O)Nc2ccccc2Cl)cc1. The number of nitrogens with zero attached hydrogens (tertiary/aromatic N) is 2. The molecular weight excluding hydrogens is 374 g/mol. The van der Waals surface area contributed by atoms with Gasteiger partial charge in [-0.15, -0.1) is 0 Å². The van der Waals surface area contributed by atoms with E-state index >= 15 is 0 Å². The Morgan fingerprint density at radius 3 is 2.50 bits per heavy atom. The van der Waals surface area contributed by atoms with Crippen molar-refractivity contribution in [3.05, 3.63) is 82.6 Å². The predicted molar refractivity (Wildman–Crippen MR) is 111 cm³/mol. The Bertz CT molecular complexity index is 1080. The summed E-state index contributed by atoms with van der Waals surface area (Å²) in [6, 6.07) is 20.2. The topological polar surface area (TPSA) is 67.0 Å². The third-order valence-corrected chi connectivity index (χ3v) is 4.55. The Balaban J connectivity index is 1.94. The van der Waals surface area contributed by atoms with Crippen LogP contribution >= 0.6 is 11.6 Å². The van der Waals surface area contributed by atoms with Crippen LogP contribution in [0.3, 0.4) is 0 Å². The van der Waals surface area contributed by atoms with Gasteiger partial charge in [-0.05, 0) is 61.5 Å². The summed E-state index contributed by atoms with van der Waals surface area (Å²) in [7, 11) is 1.61. The van der Waals surface area contributed by atoms with Crippen LogP contribution in [0.2, 0.25) is 5.02 Å². The molecule has 0 saturated carbocycles. The summed E-state index contributed by atoms with van der Waals surface area (Å²) < 4.78 is 7.16. The van der Waals surface area contributed by atoms with E-state index in [4.69, 9.17) is 16.3 Å². The van der Waals surface area contributed by atoms with E-state index in [0.717, 1.165) is 17.1 Å². The molecule has 0 aliphatic carbocycles. The van der Waals surface area contributed by atoms with Gasteiger partial charge in [0.25, 0.3) is 5.91 Å². The average molecular weight is 392 g/mol. The molecular formula is C22H18ClN3O2. The minimum Gasteiger partial charge on any atom is -0.497 e. The third-order valence-electron chi connectivity index (χ3n) is 4.22. The van der Waals surface area contributed by atoms with Gasteiger partial charge in [0.05, 0.1) is 17.8 Å². The fraction of sp³-hybridized carbons (Fsp3) is 0.0909. The van der Waals surface area contributed by atoms with Gasteiger partial charge in [-0.1, -0.05) is 23.7 Å². The van der Waals surface area contributed by atoms with E-state index in [1.807, 2.05) is 54.0 Å². The number of ether oxygens (including phenoxy) is 1. The first-order valence-electron chi connectivity index (χ1n) is 8.54. The Labute approximate surface area is 168 Å². The van der Waals surface area contributed by atoms with Gasteiger partial charge in [0.1, 0.15) is 17.4 Å². The molecule has 0 spiro atoms. The van der Waals surface area contributed by atoms with Crippen molar-refractivity contribution >= 4 is 29.3 Å². The Hall–Kier alpha value is -3.49. The van der Waals surface area contributed by atoms with E-state index < -0.39 is 5.91 Å². The molecule has 6 heteroatoms. The van der Waals surface area contributed by atoms with Crippen LogP contribution in [0, 0.1) is 18.3 Å². The molecule has 0 bridgehead atoms. The zero-order chi connectivity index (χ0) is 20.1. The summed E-state index contributed by atoms with van der Waals surface area (Å²) in [5, 5.41) is 12.6. The number of amides is 1. The van der Waals surface area contributed by atoms with Crippen LogP contribution in [0.4, 0.5) is 5.69 Å². The lowest BCUT2D eigenvalue weighted by Crippen LogP contribution is -2.14. The summed E-state index contributed by atoms with van der Waals surface area (Å²) in [6.45, 7) is 1.96. The van der Waals surface area contributed by atoms with Gasteiger partial charge < -0.3 is 14.6 Å². The second-order valence-electron chi connectivity index (χ2n) is 6.04. The van der Waals surface area contributed by atoms with Crippen molar-refractivity contribution in [3.8, 4) is 17.5 Å². The highest BCUT2D eigenvalue weighted by Gasteiger charge is 2.13. The molecule has 1 amide bonds. The van der Waals surface area contributed by atoms with E-state index in [1.165, 1.54) is 0 Å². The lowest BCUT2D eigenvalue weighted by atomic mass is 10.2. The number of halogens is 1. The minimum absolute atomic E-state index is 0.0206. The van der Waals surface area contributed by atoms with Crippen molar-refractivity contribution < 1.29 is 9.53 Å². The lowest BCUT2D eigenvalue weighted by Gasteiger charge is -2.11. The average Bonchev–Trinajstić information content (AvgIpc) is 3.08. The molecule has 1 heterocycles. The maximum absolute atomic E-state index is 12.6. The molecule has 2 aromatic carbocycles. The number of hydrogen-bond acceptors (Lipinski definition) is 3. The number of rotatable bonds is 5. The fourth-order valence-corrected chi connectivity index (χ4v) is 2.99. The second-order valence-corrected chi connectivity index (χ2v) is 6.44. The molecule has 0 atom stereocenters. The summed E-state index contributed by atoms with van der Waals surface area (Å²) in [5.74, 6) is 0.234. The molecule has 28 heavy (non-hydrogen) atoms. The molecule has 0 unspecified atom stereocenters. The first-order valence-corrected chi connectivity index (χ1v) is 8.91. The number of aromatic nitrogens is 1. The highest BCUT2D eigenvalue weighted by Crippen LogP contribution is 2.23. The molecule has 0 aliphatic rings. The highest BCUT2D eigenvalue weighted by atomic mass is 35.5. The number of methoxy groups -OCH3 is 1. The molecule has 3 aromatic rings. The number of anilines is 1. The molecule has 0 aliphatic heterocycles. The zero-order valence-electron chi connectivity index (χ0n) is 15.4. The number of carbonyl (C=O) groups is 1. The minimum atomic E-state index is -0.518.